The highest BCUT2D eigenvalue weighted by Gasteiger charge is 2.30. The van der Waals surface area contributed by atoms with Gasteiger partial charge in [-0.3, -0.25) is 0 Å². The van der Waals surface area contributed by atoms with Gasteiger partial charge in [0.2, 0.25) is 10.0 Å². The van der Waals surface area contributed by atoms with E-state index in [-0.39, 0.29) is 22.8 Å². The van der Waals surface area contributed by atoms with Crippen molar-refractivity contribution in [3.05, 3.63) is 65.7 Å². The molecular weight excluding hydrogens is 345 g/mol. The van der Waals surface area contributed by atoms with Crippen LogP contribution in [0.1, 0.15) is 18.2 Å². The van der Waals surface area contributed by atoms with E-state index in [2.05, 4.69) is 4.72 Å². The molecule has 0 spiro atoms. The highest BCUT2D eigenvalue weighted by atomic mass is 32.2. The Morgan fingerprint density at radius 2 is 1.92 bits per heavy atom. The maximum Gasteiger partial charge on any atom is 0.240 e. The van der Waals surface area contributed by atoms with E-state index in [0.29, 0.717) is 5.58 Å². The second kappa shape index (κ2) is 6.25. The number of furan rings is 1. The molecule has 2 aromatic carbocycles. The normalized spacial score (nSPS) is 14.6. The largest absolute Gasteiger partial charge is 0.458 e. The minimum absolute atomic E-state index is 0.0631. The van der Waals surface area contributed by atoms with Crippen molar-refractivity contribution in [3.63, 3.8) is 0 Å². The number of aryl methyl sites for hydroxylation is 1. The Bertz CT molecular complexity index is 991. The minimum atomic E-state index is -3.89. The molecule has 1 aromatic heterocycles. The smallest absolute Gasteiger partial charge is 0.240 e. The van der Waals surface area contributed by atoms with Crippen LogP contribution in [0, 0.1) is 12.7 Å². The zero-order valence-electron chi connectivity index (χ0n) is 13.8. The molecule has 0 radical (unpaired) electrons. The van der Waals surface area contributed by atoms with E-state index in [1.165, 1.54) is 26.0 Å². The number of benzene rings is 2. The Morgan fingerprint density at radius 3 is 2.60 bits per heavy atom. The summed E-state index contributed by atoms with van der Waals surface area (Å²) in [5.41, 5.74) is -0.706. The fourth-order valence-corrected chi connectivity index (χ4v) is 3.65. The highest BCUT2D eigenvalue weighted by molar-refractivity contribution is 7.89. The topological polar surface area (TPSA) is 79.5 Å². The lowest BCUT2D eigenvalue weighted by molar-refractivity contribution is 0.0412. The fraction of sp³-hybridized carbons (Fsp3) is 0.222. The summed E-state index contributed by atoms with van der Waals surface area (Å²) in [4.78, 5) is -0.0631. The number of sulfonamides is 1. The first kappa shape index (κ1) is 17.6. The molecule has 0 aliphatic rings. The van der Waals surface area contributed by atoms with E-state index in [4.69, 9.17) is 4.42 Å². The number of halogens is 1. The van der Waals surface area contributed by atoms with Crippen molar-refractivity contribution in [2.45, 2.75) is 24.3 Å². The van der Waals surface area contributed by atoms with Gasteiger partial charge < -0.3 is 9.52 Å². The second-order valence-corrected chi connectivity index (χ2v) is 7.92. The molecule has 2 N–H and O–H groups in total. The first-order chi connectivity index (χ1) is 11.7. The van der Waals surface area contributed by atoms with Crippen LogP contribution in [0.4, 0.5) is 4.39 Å². The maximum atomic E-state index is 13.3. The van der Waals surface area contributed by atoms with Gasteiger partial charge in [-0.05, 0) is 49.7 Å². The lowest BCUT2D eigenvalue weighted by atomic mass is 10.0. The van der Waals surface area contributed by atoms with E-state index in [1.807, 2.05) is 18.2 Å². The second-order valence-electron chi connectivity index (χ2n) is 6.16. The Balaban J connectivity index is 1.81. The maximum absolute atomic E-state index is 13.3. The monoisotopic (exact) mass is 363 g/mol. The molecule has 7 heteroatoms. The third-order valence-electron chi connectivity index (χ3n) is 4.00. The molecule has 0 saturated heterocycles. The first-order valence-corrected chi connectivity index (χ1v) is 9.15. The summed E-state index contributed by atoms with van der Waals surface area (Å²) < 4.78 is 46.0. The quantitative estimate of drug-likeness (QED) is 0.730. The molecule has 5 nitrogen and oxygen atoms in total. The van der Waals surface area contributed by atoms with Crippen molar-refractivity contribution in [1.29, 1.82) is 0 Å². The molecule has 1 unspecified atom stereocenters. The molecule has 0 bridgehead atoms. The van der Waals surface area contributed by atoms with Crippen molar-refractivity contribution in [1.82, 2.24) is 4.72 Å². The summed E-state index contributed by atoms with van der Waals surface area (Å²) in [5.74, 6) is -0.222. The van der Waals surface area contributed by atoms with Gasteiger partial charge in [-0.25, -0.2) is 17.5 Å². The van der Waals surface area contributed by atoms with Crippen molar-refractivity contribution < 1.29 is 22.3 Å². The van der Waals surface area contributed by atoms with E-state index in [1.54, 1.807) is 12.1 Å². The summed E-state index contributed by atoms with van der Waals surface area (Å²) in [6.07, 6.45) is 0. The molecule has 1 atom stereocenters. The summed E-state index contributed by atoms with van der Waals surface area (Å²) in [6, 6.07) is 12.4. The van der Waals surface area contributed by atoms with Crippen LogP contribution >= 0.6 is 0 Å². The Hall–Kier alpha value is -2.22. The molecule has 3 rings (SSSR count). The molecule has 0 saturated carbocycles. The van der Waals surface area contributed by atoms with Crippen molar-refractivity contribution in [2.24, 2.45) is 0 Å². The summed E-state index contributed by atoms with van der Waals surface area (Å²) in [5, 5.41) is 11.4. The van der Waals surface area contributed by atoms with E-state index in [0.717, 1.165) is 11.5 Å². The molecule has 0 amide bonds. The van der Waals surface area contributed by atoms with Gasteiger partial charge in [0, 0.05) is 11.9 Å². The van der Waals surface area contributed by atoms with Crippen LogP contribution in [0.15, 0.2) is 57.8 Å². The van der Waals surface area contributed by atoms with Gasteiger partial charge in [0.15, 0.2) is 0 Å². The highest BCUT2D eigenvalue weighted by Crippen LogP contribution is 2.28. The summed E-state index contributed by atoms with van der Waals surface area (Å²) in [6.45, 7) is 2.66. The van der Waals surface area contributed by atoms with E-state index < -0.39 is 21.4 Å². The van der Waals surface area contributed by atoms with Crippen LogP contribution in [0.2, 0.25) is 0 Å². The van der Waals surface area contributed by atoms with E-state index >= 15 is 0 Å². The number of fused-ring (bicyclic) bond motifs is 1. The number of para-hydroxylation sites is 1. The number of hydrogen-bond donors (Lipinski definition) is 2. The zero-order valence-corrected chi connectivity index (χ0v) is 14.6. The third kappa shape index (κ3) is 3.58. The number of nitrogens with one attached hydrogen (secondary N) is 1. The molecule has 25 heavy (non-hydrogen) atoms. The first-order valence-electron chi connectivity index (χ1n) is 7.66. The standard InChI is InChI=1S/C18H18FNO4S/c1-12-9-14(7-8-15(12)19)25(22,23)20-11-18(2,21)17-10-13-5-3-4-6-16(13)24-17/h3-10,20-21H,11H2,1-2H3. The molecule has 3 aromatic rings. The number of hydrogen-bond acceptors (Lipinski definition) is 4. The average Bonchev–Trinajstić information content (AvgIpc) is 3.01. The molecule has 0 aliphatic carbocycles. The molecule has 1 heterocycles. The van der Waals surface area contributed by atoms with Crippen molar-refractivity contribution in [3.8, 4) is 0 Å². The van der Waals surface area contributed by atoms with Gasteiger partial charge in [-0.15, -0.1) is 0 Å². The Labute approximate surface area is 145 Å². The predicted molar refractivity (Wildman–Crippen MR) is 92.1 cm³/mol. The van der Waals surface area contributed by atoms with Crippen LogP contribution in [0.5, 0.6) is 0 Å². The SMILES string of the molecule is Cc1cc(S(=O)(=O)NCC(C)(O)c2cc3ccccc3o2)ccc1F. The fourth-order valence-electron chi connectivity index (χ4n) is 2.44. The lowest BCUT2D eigenvalue weighted by Crippen LogP contribution is -2.38. The average molecular weight is 363 g/mol. The zero-order chi connectivity index (χ0) is 18.2. The van der Waals surface area contributed by atoms with Crippen molar-refractivity contribution in [2.75, 3.05) is 6.54 Å². The van der Waals surface area contributed by atoms with E-state index in [9.17, 15) is 17.9 Å². The Morgan fingerprint density at radius 1 is 1.20 bits per heavy atom. The molecular formula is C18H18FNO4S. The van der Waals surface area contributed by atoms with Gasteiger partial charge in [0.25, 0.3) is 0 Å². The van der Waals surface area contributed by atoms with Crippen LogP contribution in [-0.4, -0.2) is 20.1 Å². The van der Waals surface area contributed by atoms with Gasteiger partial charge >= 0.3 is 0 Å². The van der Waals surface area contributed by atoms with Gasteiger partial charge in [-0.1, -0.05) is 18.2 Å². The van der Waals surface area contributed by atoms with Crippen LogP contribution in [0.25, 0.3) is 11.0 Å². The van der Waals surface area contributed by atoms with Crippen LogP contribution in [0.3, 0.4) is 0 Å². The van der Waals surface area contributed by atoms with Crippen LogP contribution < -0.4 is 4.72 Å². The predicted octanol–water partition coefficient (Wildman–Crippen LogP) is 3.07. The molecule has 0 aliphatic heterocycles. The Kier molecular flexibility index (Phi) is 4.40. The minimum Gasteiger partial charge on any atom is -0.458 e. The van der Waals surface area contributed by atoms with Gasteiger partial charge in [0.1, 0.15) is 22.8 Å². The number of aliphatic hydroxyl groups is 1. The van der Waals surface area contributed by atoms with Gasteiger partial charge in [0.05, 0.1) is 4.90 Å². The van der Waals surface area contributed by atoms with Gasteiger partial charge in [-0.2, -0.15) is 0 Å². The lowest BCUT2D eigenvalue weighted by Gasteiger charge is -2.21. The molecule has 0 fully saturated rings. The summed E-state index contributed by atoms with van der Waals surface area (Å²) in [7, 11) is -3.89. The summed E-state index contributed by atoms with van der Waals surface area (Å²) >= 11 is 0. The van der Waals surface area contributed by atoms with Crippen molar-refractivity contribution >= 4 is 21.0 Å². The molecule has 132 valence electrons. The number of rotatable bonds is 5. The third-order valence-corrected chi connectivity index (χ3v) is 5.40. The van der Waals surface area contributed by atoms with Crippen LogP contribution in [-0.2, 0) is 15.6 Å².